The molecule has 1 atom stereocenters. The molecule has 0 aliphatic carbocycles. The molecule has 0 amide bonds. The first-order valence-corrected chi connectivity index (χ1v) is 7.24. The molecule has 0 spiro atoms. The monoisotopic (exact) mass is 255 g/mol. The van der Waals surface area contributed by atoms with Crippen molar-refractivity contribution in [1.29, 1.82) is 0 Å². The van der Waals surface area contributed by atoms with E-state index >= 15 is 0 Å². The molecular formula is C14H25NOS. The van der Waals surface area contributed by atoms with E-state index in [4.69, 9.17) is 4.74 Å². The number of likely N-dealkylation sites (N-methyl/N-ethyl adjacent to an activating group) is 1. The van der Waals surface area contributed by atoms with Crippen LogP contribution in [0.1, 0.15) is 37.4 Å². The molecule has 1 N–H and O–H groups in total. The van der Waals surface area contributed by atoms with Gasteiger partial charge < -0.3 is 10.1 Å². The predicted octanol–water partition coefficient (Wildman–Crippen LogP) is 3.26. The molecular weight excluding hydrogens is 230 g/mol. The summed E-state index contributed by atoms with van der Waals surface area (Å²) in [5.74, 6) is 0. The smallest absolute Gasteiger partial charge is 0.0782 e. The van der Waals surface area contributed by atoms with Crippen molar-refractivity contribution >= 4 is 11.3 Å². The van der Waals surface area contributed by atoms with E-state index in [0.717, 1.165) is 19.4 Å². The van der Waals surface area contributed by atoms with Gasteiger partial charge in [-0.2, -0.15) is 0 Å². The van der Waals surface area contributed by atoms with E-state index in [1.54, 1.807) is 0 Å². The van der Waals surface area contributed by atoms with Crippen LogP contribution in [0.2, 0.25) is 0 Å². The lowest BCUT2D eigenvalue weighted by Gasteiger charge is -2.33. The quantitative estimate of drug-likeness (QED) is 0.807. The average Bonchev–Trinajstić information content (AvgIpc) is 2.73. The Morgan fingerprint density at radius 3 is 2.41 bits per heavy atom. The van der Waals surface area contributed by atoms with Crippen LogP contribution in [0.5, 0.6) is 0 Å². The first-order valence-electron chi connectivity index (χ1n) is 6.42. The van der Waals surface area contributed by atoms with Crippen LogP contribution in [0.25, 0.3) is 0 Å². The maximum Gasteiger partial charge on any atom is 0.0782 e. The molecule has 2 nitrogen and oxygen atoms in total. The van der Waals surface area contributed by atoms with Gasteiger partial charge in [0.15, 0.2) is 0 Å². The summed E-state index contributed by atoms with van der Waals surface area (Å²) in [4.78, 5) is 2.90. The third kappa shape index (κ3) is 4.09. The van der Waals surface area contributed by atoms with Gasteiger partial charge in [-0.1, -0.05) is 6.92 Å². The Balaban J connectivity index is 2.69. The Hall–Kier alpha value is -0.380. The molecule has 0 saturated heterocycles. The number of thiophene rings is 1. The van der Waals surface area contributed by atoms with Crippen LogP contribution in [0.4, 0.5) is 0 Å². The molecule has 1 unspecified atom stereocenters. The maximum absolute atomic E-state index is 5.83. The predicted molar refractivity (Wildman–Crippen MR) is 76.0 cm³/mol. The zero-order valence-corrected chi connectivity index (χ0v) is 12.5. The van der Waals surface area contributed by atoms with Crippen molar-refractivity contribution in [2.24, 2.45) is 0 Å². The number of rotatable bonds is 7. The van der Waals surface area contributed by atoms with E-state index in [-0.39, 0.29) is 5.60 Å². The standard InChI is InChI=1S/C14H25NOS/c1-6-11-8-9-12(17-11)10-13(15-5)14(3,4)16-7-2/h8-9,13,15H,6-7,10H2,1-5H3. The SMILES string of the molecule is CCOC(C)(C)C(Cc1ccc(CC)s1)NC. The first-order chi connectivity index (χ1) is 8.03. The fourth-order valence-electron chi connectivity index (χ4n) is 2.09. The Morgan fingerprint density at radius 1 is 1.29 bits per heavy atom. The van der Waals surface area contributed by atoms with Gasteiger partial charge in [-0.3, -0.25) is 0 Å². The molecule has 3 heteroatoms. The van der Waals surface area contributed by atoms with Crippen LogP contribution >= 0.6 is 11.3 Å². The second-order valence-electron chi connectivity index (χ2n) is 4.80. The van der Waals surface area contributed by atoms with Crippen molar-refractivity contribution in [1.82, 2.24) is 5.32 Å². The summed E-state index contributed by atoms with van der Waals surface area (Å²) in [5.41, 5.74) is -0.125. The maximum atomic E-state index is 5.83. The molecule has 0 aliphatic rings. The van der Waals surface area contributed by atoms with E-state index in [2.05, 4.69) is 45.1 Å². The van der Waals surface area contributed by atoms with Gasteiger partial charge in [0.05, 0.1) is 5.60 Å². The van der Waals surface area contributed by atoms with E-state index in [1.807, 2.05) is 18.4 Å². The summed E-state index contributed by atoms with van der Waals surface area (Å²) in [5, 5.41) is 3.38. The van der Waals surface area contributed by atoms with E-state index in [1.165, 1.54) is 9.75 Å². The van der Waals surface area contributed by atoms with Gasteiger partial charge in [0.1, 0.15) is 0 Å². The van der Waals surface area contributed by atoms with E-state index in [9.17, 15) is 0 Å². The lowest BCUT2D eigenvalue weighted by atomic mass is 9.95. The molecule has 0 bridgehead atoms. The second-order valence-corrected chi connectivity index (χ2v) is 6.06. The van der Waals surface area contributed by atoms with E-state index in [0.29, 0.717) is 6.04 Å². The molecule has 0 saturated carbocycles. The highest BCUT2D eigenvalue weighted by atomic mass is 32.1. The van der Waals surface area contributed by atoms with Crippen LogP contribution in [0.3, 0.4) is 0 Å². The van der Waals surface area contributed by atoms with Crippen molar-refractivity contribution < 1.29 is 4.74 Å². The summed E-state index contributed by atoms with van der Waals surface area (Å²) in [7, 11) is 2.01. The summed E-state index contributed by atoms with van der Waals surface area (Å²) in [6.45, 7) is 9.33. The van der Waals surface area contributed by atoms with Gasteiger partial charge in [-0.25, -0.2) is 0 Å². The molecule has 1 aromatic heterocycles. The number of ether oxygens (including phenoxy) is 1. The fourth-order valence-corrected chi connectivity index (χ4v) is 3.09. The second kappa shape index (κ2) is 6.53. The van der Waals surface area contributed by atoms with Crippen molar-refractivity contribution in [2.75, 3.05) is 13.7 Å². The zero-order valence-electron chi connectivity index (χ0n) is 11.7. The van der Waals surface area contributed by atoms with Crippen molar-refractivity contribution in [3.8, 4) is 0 Å². The minimum atomic E-state index is -0.125. The Bertz CT molecular complexity index is 333. The number of nitrogens with one attached hydrogen (secondary N) is 1. The Morgan fingerprint density at radius 2 is 1.94 bits per heavy atom. The Kier molecular flexibility index (Phi) is 5.63. The minimum absolute atomic E-state index is 0.125. The van der Waals surface area contributed by atoms with Crippen LogP contribution < -0.4 is 5.32 Å². The average molecular weight is 255 g/mol. The van der Waals surface area contributed by atoms with Crippen LogP contribution in [0, 0.1) is 0 Å². The minimum Gasteiger partial charge on any atom is -0.374 e. The van der Waals surface area contributed by atoms with Crippen molar-refractivity contribution in [3.63, 3.8) is 0 Å². The first kappa shape index (κ1) is 14.7. The van der Waals surface area contributed by atoms with Crippen molar-refractivity contribution in [2.45, 2.75) is 52.2 Å². The highest BCUT2D eigenvalue weighted by molar-refractivity contribution is 7.11. The molecule has 98 valence electrons. The zero-order chi connectivity index (χ0) is 12.9. The molecule has 0 aliphatic heterocycles. The van der Waals surface area contributed by atoms with Crippen LogP contribution in [-0.2, 0) is 17.6 Å². The normalized spacial score (nSPS) is 13.9. The van der Waals surface area contributed by atoms with Crippen LogP contribution in [0.15, 0.2) is 12.1 Å². The highest BCUT2D eigenvalue weighted by Crippen LogP contribution is 2.23. The lowest BCUT2D eigenvalue weighted by molar-refractivity contribution is -0.0361. The molecule has 0 aromatic carbocycles. The molecule has 1 heterocycles. The molecule has 17 heavy (non-hydrogen) atoms. The van der Waals surface area contributed by atoms with Gasteiger partial charge in [0, 0.05) is 22.4 Å². The summed E-state index contributed by atoms with van der Waals surface area (Å²) in [6, 6.07) is 4.84. The van der Waals surface area contributed by atoms with Crippen LogP contribution in [-0.4, -0.2) is 25.3 Å². The highest BCUT2D eigenvalue weighted by Gasteiger charge is 2.29. The number of hydrogen-bond acceptors (Lipinski definition) is 3. The van der Waals surface area contributed by atoms with Gasteiger partial charge >= 0.3 is 0 Å². The molecule has 0 fully saturated rings. The van der Waals surface area contributed by atoms with Gasteiger partial charge in [-0.15, -0.1) is 11.3 Å². The summed E-state index contributed by atoms with van der Waals surface area (Å²) in [6.07, 6.45) is 2.16. The van der Waals surface area contributed by atoms with Gasteiger partial charge in [-0.05, 0) is 52.8 Å². The van der Waals surface area contributed by atoms with Crippen molar-refractivity contribution in [3.05, 3.63) is 21.9 Å². The summed E-state index contributed by atoms with van der Waals surface area (Å²) < 4.78 is 5.83. The van der Waals surface area contributed by atoms with E-state index < -0.39 is 0 Å². The number of hydrogen-bond donors (Lipinski definition) is 1. The topological polar surface area (TPSA) is 21.3 Å². The Labute approximate surface area is 109 Å². The summed E-state index contributed by atoms with van der Waals surface area (Å²) >= 11 is 1.92. The third-order valence-corrected chi connectivity index (χ3v) is 4.43. The van der Waals surface area contributed by atoms with Gasteiger partial charge in [0.25, 0.3) is 0 Å². The molecule has 1 rings (SSSR count). The number of aryl methyl sites for hydroxylation is 1. The fraction of sp³-hybridized carbons (Fsp3) is 0.714. The molecule has 0 radical (unpaired) electrons. The largest absolute Gasteiger partial charge is 0.374 e. The molecule has 1 aromatic rings. The van der Waals surface area contributed by atoms with Gasteiger partial charge in [0.2, 0.25) is 0 Å². The lowest BCUT2D eigenvalue weighted by Crippen LogP contribution is -2.48. The third-order valence-electron chi connectivity index (χ3n) is 3.18.